The van der Waals surface area contributed by atoms with Crippen LogP contribution in [0.4, 0.5) is 10.1 Å². The smallest absolute Gasteiger partial charge is 0.150 e. The van der Waals surface area contributed by atoms with Crippen molar-refractivity contribution in [2.45, 2.75) is 17.8 Å². The molecule has 3 aromatic rings. The van der Waals surface area contributed by atoms with Gasteiger partial charge in [0, 0.05) is 12.2 Å². The number of thiazole rings is 1. The number of hydrogen-bond acceptors (Lipinski definition) is 4. The maximum atomic E-state index is 13.1. The first-order valence-electron chi connectivity index (χ1n) is 6.59. The summed E-state index contributed by atoms with van der Waals surface area (Å²) in [6.07, 6.45) is 2.04. The first-order chi connectivity index (χ1) is 10.2. The molecule has 0 fully saturated rings. The van der Waals surface area contributed by atoms with Crippen molar-refractivity contribution >= 4 is 39.0 Å². The van der Waals surface area contributed by atoms with Gasteiger partial charge in [0.05, 0.1) is 10.2 Å². The van der Waals surface area contributed by atoms with Gasteiger partial charge < -0.3 is 5.32 Å². The molecule has 21 heavy (non-hydrogen) atoms. The van der Waals surface area contributed by atoms with Crippen LogP contribution in [0.15, 0.2) is 40.7 Å². The molecular formula is C16H15FN2S2. The molecule has 0 atom stereocenters. The molecule has 0 aliphatic rings. The Hall–Kier alpha value is -1.59. The van der Waals surface area contributed by atoms with Crippen molar-refractivity contribution in [1.82, 2.24) is 4.98 Å². The van der Waals surface area contributed by atoms with Crippen LogP contribution in [0.2, 0.25) is 0 Å². The number of benzene rings is 2. The Balaban J connectivity index is 1.78. The fourth-order valence-electron chi connectivity index (χ4n) is 2.16. The summed E-state index contributed by atoms with van der Waals surface area (Å²) in [6, 6.07) is 11.1. The van der Waals surface area contributed by atoms with E-state index in [2.05, 4.69) is 16.4 Å². The highest BCUT2D eigenvalue weighted by Crippen LogP contribution is 2.30. The van der Waals surface area contributed by atoms with E-state index in [4.69, 9.17) is 0 Å². The lowest BCUT2D eigenvalue weighted by atomic mass is 10.1. The van der Waals surface area contributed by atoms with Crippen LogP contribution >= 0.6 is 23.1 Å². The zero-order valence-corrected chi connectivity index (χ0v) is 13.4. The zero-order valence-electron chi connectivity index (χ0n) is 11.8. The number of halogens is 1. The van der Waals surface area contributed by atoms with Crippen LogP contribution in [0.25, 0.3) is 10.2 Å². The minimum absolute atomic E-state index is 0.188. The number of aryl methyl sites for hydroxylation is 1. The summed E-state index contributed by atoms with van der Waals surface area (Å²) in [4.78, 5) is 4.53. The molecular weight excluding hydrogens is 303 g/mol. The Morgan fingerprint density at radius 2 is 2.10 bits per heavy atom. The quantitative estimate of drug-likeness (QED) is 0.679. The number of fused-ring (bicyclic) bond motifs is 1. The molecule has 0 amide bonds. The minimum Gasteiger partial charge on any atom is -0.381 e. The second-order valence-electron chi connectivity index (χ2n) is 4.79. The Bertz CT molecular complexity index is 783. The normalized spacial score (nSPS) is 11.0. The molecule has 2 aromatic carbocycles. The predicted octanol–water partition coefficient (Wildman–Crippen LogP) is 5.08. The van der Waals surface area contributed by atoms with Crippen LogP contribution in [-0.4, -0.2) is 11.2 Å². The highest BCUT2D eigenvalue weighted by molar-refractivity contribution is 8.00. The van der Waals surface area contributed by atoms with E-state index in [1.165, 1.54) is 10.8 Å². The van der Waals surface area contributed by atoms with Gasteiger partial charge in [-0.1, -0.05) is 17.8 Å². The number of nitrogens with one attached hydrogen (secondary N) is 1. The van der Waals surface area contributed by atoms with E-state index in [1.54, 1.807) is 29.2 Å². The number of anilines is 1. The van der Waals surface area contributed by atoms with Gasteiger partial charge in [0.15, 0.2) is 4.34 Å². The van der Waals surface area contributed by atoms with E-state index in [0.717, 1.165) is 26.7 Å². The summed E-state index contributed by atoms with van der Waals surface area (Å²) in [5.74, 6) is -0.188. The summed E-state index contributed by atoms with van der Waals surface area (Å²) in [5.41, 5.74) is 4.16. The second-order valence-corrected chi connectivity index (χ2v) is 6.87. The van der Waals surface area contributed by atoms with E-state index in [0.29, 0.717) is 6.54 Å². The van der Waals surface area contributed by atoms with Gasteiger partial charge in [-0.15, -0.1) is 11.3 Å². The number of hydrogen-bond donors (Lipinski definition) is 1. The zero-order chi connectivity index (χ0) is 14.8. The monoisotopic (exact) mass is 318 g/mol. The summed E-state index contributed by atoms with van der Waals surface area (Å²) < 4.78 is 15.4. The van der Waals surface area contributed by atoms with Gasteiger partial charge in [-0.3, -0.25) is 0 Å². The lowest BCUT2D eigenvalue weighted by Gasteiger charge is -2.09. The van der Waals surface area contributed by atoms with Crippen LogP contribution in [0.3, 0.4) is 0 Å². The summed E-state index contributed by atoms with van der Waals surface area (Å²) >= 11 is 3.37. The molecule has 0 aliphatic heterocycles. The third kappa shape index (κ3) is 3.19. The highest BCUT2D eigenvalue weighted by Gasteiger charge is 2.05. The van der Waals surface area contributed by atoms with E-state index in [9.17, 15) is 4.39 Å². The lowest BCUT2D eigenvalue weighted by molar-refractivity contribution is 0.625. The van der Waals surface area contributed by atoms with Crippen LogP contribution in [0.5, 0.6) is 0 Å². The van der Waals surface area contributed by atoms with Crippen LogP contribution in [-0.2, 0) is 6.54 Å². The van der Waals surface area contributed by atoms with Crippen molar-refractivity contribution < 1.29 is 4.39 Å². The van der Waals surface area contributed by atoms with Crippen LogP contribution in [0, 0.1) is 12.7 Å². The van der Waals surface area contributed by atoms with Gasteiger partial charge in [-0.25, -0.2) is 9.37 Å². The summed E-state index contributed by atoms with van der Waals surface area (Å²) in [5, 5.41) is 3.39. The lowest BCUT2D eigenvalue weighted by Crippen LogP contribution is -2.01. The standard InChI is InChI=1S/C16H15FN2S2/c1-10-7-12(17)4-3-11(10)9-18-13-5-6-14-15(8-13)21-16(19-14)20-2/h3-8,18H,9H2,1-2H3. The van der Waals surface area contributed by atoms with Gasteiger partial charge in [-0.2, -0.15) is 0 Å². The molecule has 3 rings (SSSR count). The maximum absolute atomic E-state index is 13.1. The first kappa shape index (κ1) is 14.4. The van der Waals surface area contributed by atoms with E-state index in [-0.39, 0.29) is 5.82 Å². The highest BCUT2D eigenvalue weighted by atomic mass is 32.2. The van der Waals surface area contributed by atoms with Crippen molar-refractivity contribution in [3.8, 4) is 0 Å². The van der Waals surface area contributed by atoms with Crippen molar-refractivity contribution in [3.05, 3.63) is 53.3 Å². The van der Waals surface area contributed by atoms with Gasteiger partial charge in [0.25, 0.3) is 0 Å². The average molecular weight is 318 g/mol. The molecule has 1 heterocycles. The molecule has 1 aromatic heterocycles. The summed E-state index contributed by atoms with van der Waals surface area (Å²) in [7, 11) is 0. The van der Waals surface area contributed by atoms with E-state index < -0.39 is 0 Å². The average Bonchev–Trinajstić information content (AvgIpc) is 2.88. The Morgan fingerprint density at radius 1 is 1.24 bits per heavy atom. The van der Waals surface area contributed by atoms with Crippen molar-refractivity contribution in [2.24, 2.45) is 0 Å². The molecule has 0 radical (unpaired) electrons. The SMILES string of the molecule is CSc1nc2ccc(NCc3ccc(F)cc3C)cc2s1. The molecule has 1 N–H and O–H groups in total. The molecule has 5 heteroatoms. The molecule has 0 spiro atoms. The predicted molar refractivity (Wildman–Crippen MR) is 89.9 cm³/mol. The summed E-state index contributed by atoms with van der Waals surface area (Å²) in [6.45, 7) is 2.61. The fourth-order valence-corrected chi connectivity index (χ4v) is 3.68. The van der Waals surface area contributed by atoms with Crippen molar-refractivity contribution in [2.75, 3.05) is 11.6 Å². The second kappa shape index (κ2) is 6.03. The topological polar surface area (TPSA) is 24.9 Å². The Kier molecular flexibility index (Phi) is 4.12. The molecule has 108 valence electrons. The number of nitrogens with zero attached hydrogens (tertiary/aromatic N) is 1. The number of rotatable bonds is 4. The number of aromatic nitrogens is 1. The first-order valence-corrected chi connectivity index (χ1v) is 8.63. The van der Waals surface area contributed by atoms with Gasteiger partial charge in [-0.05, 0) is 54.6 Å². The van der Waals surface area contributed by atoms with Gasteiger partial charge in [0.1, 0.15) is 5.82 Å². The van der Waals surface area contributed by atoms with Crippen molar-refractivity contribution in [3.63, 3.8) is 0 Å². The van der Waals surface area contributed by atoms with E-state index >= 15 is 0 Å². The molecule has 0 bridgehead atoms. The Morgan fingerprint density at radius 3 is 2.86 bits per heavy atom. The minimum atomic E-state index is -0.188. The van der Waals surface area contributed by atoms with Crippen LogP contribution < -0.4 is 5.32 Å². The molecule has 0 saturated heterocycles. The fraction of sp³-hybridized carbons (Fsp3) is 0.188. The molecule has 2 nitrogen and oxygen atoms in total. The van der Waals surface area contributed by atoms with E-state index in [1.807, 2.05) is 31.4 Å². The van der Waals surface area contributed by atoms with Gasteiger partial charge in [0.2, 0.25) is 0 Å². The van der Waals surface area contributed by atoms with Gasteiger partial charge >= 0.3 is 0 Å². The largest absolute Gasteiger partial charge is 0.381 e. The third-order valence-electron chi connectivity index (χ3n) is 3.33. The maximum Gasteiger partial charge on any atom is 0.150 e. The van der Waals surface area contributed by atoms with Crippen LogP contribution in [0.1, 0.15) is 11.1 Å². The van der Waals surface area contributed by atoms with Crippen molar-refractivity contribution in [1.29, 1.82) is 0 Å². The third-order valence-corrected chi connectivity index (χ3v) is 5.33. The Labute approximate surface area is 131 Å². The molecule has 0 saturated carbocycles. The molecule has 0 unspecified atom stereocenters. The molecule has 0 aliphatic carbocycles. The number of thioether (sulfide) groups is 1.